The highest BCUT2D eigenvalue weighted by Crippen LogP contribution is 2.25. The van der Waals surface area contributed by atoms with Gasteiger partial charge in [-0.05, 0) is 48.4 Å². The van der Waals surface area contributed by atoms with Gasteiger partial charge in [-0.1, -0.05) is 36.4 Å². The van der Waals surface area contributed by atoms with Crippen LogP contribution in [0.5, 0.6) is 5.75 Å². The Balaban J connectivity index is 1.27. The summed E-state index contributed by atoms with van der Waals surface area (Å²) in [5.41, 5.74) is 4.36. The lowest BCUT2D eigenvalue weighted by Crippen LogP contribution is -2.49. The Morgan fingerprint density at radius 3 is 2.41 bits per heavy atom. The number of fused-ring (bicyclic) bond motifs is 1. The zero-order chi connectivity index (χ0) is 21.9. The second kappa shape index (κ2) is 8.85. The largest absolute Gasteiger partial charge is 0.508 e. The average molecular weight is 427 g/mol. The van der Waals surface area contributed by atoms with Crippen LogP contribution in [-0.4, -0.2) is 63.5 Å². The van der Waals surface area contributed by atoms with Crippen LogP contribution in [0.4, 0.5) is 0 Å². The number of aromatic nitrogens is 2. The van der Waals surface area contributed by atoms with Crippen LogP contribution in [0.15, 0.2) is 72.8 Å². The van der Waals surface area contributed by atoms with E-state index >= 15 is 0 Å². The van der Waals surface area contributed by atoms with Crippen molar-refractivity contribution in [3.05, 3.63) is 83.9 Å². The number of H-pyrrole nitrogens is 1. The van der Waals surface area contributed by atoms with E-state index in [1.807, 2.05) is 41.3 Å². The first-order valence-corrected chi connectivity index (χ1v) is 11.0. The summed E-state index contributed by atoms with van der Waals surface area (Å²) >= 11 is 0. The average Bonchev–Trinajstić information content (AvgIpc) is 3.28. The molecule has 0 aliphatic carbocycles. The number of para-hydroxylation sites is 1. The minimum atomic E-state index is 0.0297. The van der Waals surface area contributed by atoms with Crippen LogP contribution in [0.2, 0.25) is 0 Å². The molecule has 5 rings (SSSR count). The van der Waals surface area contributed by atoms with Crippen molar-refractivity contribution in [2.75, 3.05) is 32.7 Å². The smallest absolute Gasteiger partial charge is 0.256 e. The van der Waals surface area contributed by atoms with E-state index in [4.69, 9.17) is 4.98 Å². The Morgan fingerprint density at radius 1 is 0.906 bits per heavy atom. The summed E-state index contributed by atoms with van der Waals surface area (Å²) in [5.74, 6) is 0.927. The van der Waals surface area contributed by atoms with Gasteiger partial charge >= 0.3 is 0 Å². The lowest BCUT2D eigenvalue weighted by Gasteiger charge is -2.34. The van der Waals surface area contributed by atoms with Gasteiger partial charge in [0.15, 0.2) is 0 Å². The van der Waals surface area contributed by atoms with Crippen LogP contribution in [0.3, 0.4) is 0 Å². The Morgan fingerprint density at radius 2 is 1.66 bits per heavy atom. The molecule has 3 aromatic carbocycles. The van der Waals surface area contributed by atoms with E-state index in [-0.39, 0.29) is 11.7 Å². The Kier molecular flexibility index (Phi) is 5.60. The second-order valence-electron chi connectivity index (χ2n) is 8.20. The number of hydrogen-bond donors (Lipinski definition) is 2. The fourth-order valence-corrected chi connectivity index (χ4v) is 4.24. The quantitative estimate of drug-likeness (QED) is 0.507. The van der Waals surface area contributed by atoms with E-state index in [1.165, 1.54) is 5.56 Å². The Hall–Kier alpha value is -3.64. The summed E-state index contributed by atoms with van der Waals surface area (Å²) in [7, 11) is 0. The number of imidazole rings is 1. The highest BCUT2D eigenvalue weighted by molar-refractivity contribution is 6.05. The molecule has 1 amide bonds. The predicted octanol–water partition coefficient (Wildman–Crippen LogP) is 3.94. The third-order valence-corrected chi connectivity index (χ3v) is 6.10. The van der Waals surface area contributed by atoms with Gasteiger partial charge in [0.05, 0.1) is 11.1 Å². The van der Waals surface area contributed by atoms with Crippen molar-refractivity contribution >= 4 is 16.9 Å². The summed E-state index contributed by atoms with van der Waals surface area (Å²) in [4.78, 5) is 25.7. The van der Waals surface area contributed by atoms with E-state index in [1.54, 1.807) is 12.1 Å². The van der Waals surface area contributed by atoms with Crippen molar-refractivity contribution in [2.45, 2.75) is 6.42 Å². The summed E-state index contributed by atoms with van der Waals surface area (Å²) < 4.78 is 0. The van der Waals surface area contributed by atoms with Gasteiger partial charge in [-0.3, -0.25) is 9.69 Å². The Labute approximate surface area is 187 Å². The minimum absolute atomic E-state index is 0.0297. The molecule has 0 unspecified atom stereocenters. The molecule has 0 saturated carbocycles. The van der Waals surface area contributed by atoms with Gasteiger partial charge in [0.1, 0.15) is 17.1 Å². The number of benzene rings is 3. The van der Waals surface area contributed by atoms with Crippen LogP contribution in [0.1, 0.15) is 15.9 Å². The highest BCUT2D eigenvalue weighted by atomic mass is 16.3. The standard InChI is InChI=1S/C26H26N4O2/c31-21-11-9-20(10-12-21)25-27-23-8-4-7-22(24(23)28-25)26(32)30-17-15-29(16-18-30)14-13-19-5-2-1-3-6-19/h1-12,31H,13-18H2,(H,27,28). The number of nitrogens with one attached hydrogen (secondary N) is 1. The molecule has 32 heavy (non-hydrogen) atoms. The second-order valence-corrected chi connectivity index (χ2v) is 8.20. The lowest BCUT2D eigenvalue weighted by atomic mass is 10.1. The molecule has 6 nitrogen and oxygen atoms in total. The first-order valence-electron chi connectivity index (χ1n) is 11.0. The molecule has 4 aromatic rings. The number of amides is 1. The van der Waals surface area contributed by atoms with Crippen LogP contribution in [0.25, 0.3) is 22.4 Å². The number of carbonyl (C=O) groups is 1. The SMILES string of the molecule is O=C(c1cccc2[nH]c(-c3ccc(O)cc3)nc12)N1CCN(CCc2ccccc2)CC1. The van der Waals surface area contributed by atoms with Crippen molar-refractivity contribution in [3.63, 3.8) is 0 Å². The molecule has 0 atom stereocenters. The van der Waals surface area contributed by atoms with Crippen molar-refractivity contribution < 1.29 is 9.90 Å². The van der Waals surface area contributed by atoms with Gasteiger partial charge in [-0.25, -0.2) is 4.98 Å². The molecule has 2 heterocycles. The molecular weight excluding hydrogens is 400 g/mol. The maximum Gasteiger partial charge on any atom is 0.256 e. The number of rotatable bonds is 5. The molecule has 1 saturated heterocycles. The maximum atomic E-state index is 13.3. The maximum absolute atomic E-state index is 13.3. The van der Waals surface area contributed by atoms with Crippen LogP contribution in [-0.2, 0) is 6.42 Å². The van der Waals surface area contributed by atoms with Crippen molar-refractivity contribution in [1.82, 2.24) is 19.8 Å². The third-order valence-electron chi connectivity index (χ3n) is 6.10. The summed E-state index contributed by atoms with van der Waals surface area (Å²) in [5, 5.41) is 9.53. The van der Waals surface area contributed by atoms with E-state index in [2.05, 4.69) is 34.1 Å². The van der Waals surface area contributed by atoms with Crippen LogP contribution >= 0.6 is 0 Å². The zero-order valence-electron chi connectivity index (χ0n) is 17.9. The number of nitrogens with zero attached hydrogens (tertiary/aromatic N) is 3. The number of phenols is 1. The van der Waals surface area contributed by atoms with E-state index < -0.39 is 0 Å². The van der Waals surface area contributed by atoms with Gasteiger partial charge in [-0.2, -0.15) is 0 Å². The molecule has 1 fully saturated rings. The minimum Gasteiger partial charge on any atom is -0.508 e. The van der Waals surface area contributed by atoms with E-state index in [0.29, 0.717) is 16.9 Å². The first kappa shape index (κ1) is 20.3. The predicted molar refractivity (Wildman–Crippen MR) is 126 cm³/mol. The number of aromatic hydroxyl groups is 1. The summed E-state index contributed by atoms with van der Waals surface area (Å²) in [6.07, 6.45) is 1.03. The highest BCUT2D eigenvalue weighted by Gasteiger charge is 2.24. The van der Waals surface area contributed by atoms with Crippen LogP contribution < -0.4 is 0 Å². The third kappa shape index (κ3) is 4.22. The number of phenolic OH excluding ortho intramolecular Hbond substituents is 1. The molecule has 6 heteroatoms. The molecule has 1 aliphatic heterocycles. The number of carbonyl (C=O) groups excluding carboxylic acids is 1. The molecule has 0 spiro atoms. The zero-order valence-corrected chi connectivity index (χ0v) is 17.9. The topological polar surface area (TPSA) is 72.5 Å². The fourth-order valence-electron chi connectivity index (χ4n) is 4.24. The Bertz CT molecular complexity index is 1210. The van der Waals surface area contributed by atoms with Gasteiger partial charge in [0.2, 0.25) is 0 Å². The molecule has 2 N–H and O–H groups in total. The molecule has 162 valence electrons. The molecule has 0 bridgehead atoms. The number of aromatic amines is 1. The molecule has 1 aromatic heterocycles. The summed E-state index contributed by atoms with van der Waals surface area (Å²) in [6.45, 7) is 4.22. The van der Waals surface area contributed by atoms with Gasteiger partial charge < -0.3 is 15.0 Å². The van der Waals surface area contributed by atoms with E-state index in [0.717, 1.165) is 50.2 Å². The van der Waals surface area contributed by atoms with Gasteiger partial charge in [0.25, 0.3) is 5.91 Å². The molecule has 1 aliphatic rings. The lowest BCUT2D eigenvalue weighted by molar-refractivity contribution is 0.0640. The molecule has 0 radical (unpaired) electrons. The number of hydrogen-bond acceptors (Lipinski definition) is 4. The van der Waals surface area contributed by atoms with Gasteiger partial charge in [0, 0.05) is 38.3 Å². The monoisotopic (exact) mass is 426 g/mol. The van der Waals surface area contributed by atoms with Crippen molar-refractivity contribution in [2.24, 2.45) is 0 Å². The van der Waals surface area contributed by atoms with E-state index in [9.17, 15) is 9.90 Å². The van der Waals surface area contributed by atoms with Gasteiger partial charge in [-0.15, -0.1) is 0 Å². The molecular formula is C26H26N4O2. The first-order chi connectivity index (χ1) is 15.7. The number of piperazine rings is 1. The normalized spacial score (nSPS) is 14.7. The summed E-state index contributed by atoms with van der Waals surface area (Å²) in [6, 6.07) is 23.1. The van der Waals surface area contributed by atoms with Crippen molar-refractivity contribution in [3.8, 4) is 17.1 Å². The van der Waals surface area contributed by atoms with Crippen LogP contribution in [0, 0.1) is 0 Å². The fraction of sp³-hybridized carbons (Fsp3) is 0.231. The van der Waals surface area contributed by atoms with Crippen molar-refractivity contribution in [1.29, 1.82) is 0 Å².